The van der Waals surface area contributed by atoms with E-state index >= 15 is 0 Å². The third-order valence-electron chi connectivity index (χ3n) is 5.19. The van der Waals surface area contributed by atoms with E-state index in [1.54, 1.807) is 12.1 Å². The van der Waals surface area contributed by atoms with Crippen molar-refractivity contribution < 1.29 is 9.18 Å². The highest BCUT2D eigenvalue weighted by molar-refractivity contribution is 5.94. The van der Waals surface area contributed by atoms with Gasteiger partial charge in [0.15, 0.2) is 0 Å². The van der Waals surface area contributed by atoms with E-state index in [0.29, 0.717) is 12.1 Å². The van der Waals surface area contributed by atoms with Gasteiger partial charge >= 0.3 is 0 Å². The number of halogens is 1. The van der Waals surface area contributed by atoms with E-state index in [2.05, 4.69) is 47.4 Å². The summed E-state index contributed by atoms with van der Waals surface area (Å²) in [7, 11) is 0. The van der Waals surface area contributed by atoms with Gasteiger partial charge in [-0.1, -0.05) is 36.4 Å². The maximum atomic E-state index is 13.1. The fraction of sp³-hybridized carbons (Fsp3) is 0.261. The zero-order valence-corrected chi connectivity index (χ0v) is 15.3. The minimum Gasteiger partial charge on any atom is -0.337 e. The second-order valence-electron chi connectivity index (χ2n) is 7.11. The van der Waals surface area contributed by atoms with Crippen molar-refractivity contribution in [2.24, 2.45) is 0 Å². The molecule has 0 atom stereocenters. The number of amides is 1. The van der Waals surface area contributed by atoms with Crippen molar-refractivity contribution in [1.82, 2.24) is 9.80 Å². The lowest BCUT2D eigenvalue weighted by atomic mass is 10.1. The Morgan fingerprint density at radius 2 is 1.63 bits per heavy atom. The van der Waals surface area contributed by atoms with Crippen molar-refractivity contribution in [3.8, 4) is 0 Å². The highest BCUT2D eigenvalue weighted by Gasteiger charge is 2.20. The molecule has 4 heteroatoms. The third-order valence-corrected chi connectivity index (χ3v) is 5.19. The third kappa shape index (κ3) is 4.17. The molecule has 1 heterocycles. The number of benzene rings is 3. The predicted octanol–water partition coefficient (Wildman–Crippen LogP) is 4.33. The summed E-state index contributed by atoms with van der Waals surface area (Å²) in [5, 5.41) is 2.52. The quantitative estimate of drug-likeness (QED) is 0.692. The van der Waals surface area contributed by atoms with Gasteiger partial charge in [-0.2, -0.15) is 0 Å². The molecule has 0 aliphatic carbocycles. The summed E-state index contributed by atoms with van der Waals surface area (Å²) < 4.78 is 13.1. The minimum absolute atomic E-state index is 0.0115. The van der Waals surface area contributed by atoms with Crippen LogP contribution in [-0.2, 0) is 6.54 Å². The molecule has 0 N–H and O–H groups in total. The molecule has 1 aliphatic rings. The smallest absolute Gasteiger partial charge is 0.253 e. The summed E-state index contributed by atoms with van der Waals surface area (Å²) in [5.74, 6) is -0.327. The van der Waals surface area contributed by atoms with Gasteiger partial charge in [0.2, 0.25) is 0 Å². The molecule has 1 aliphatic heterocycles. The summed E-state index contributed by atoms with van der Waals surface area (Å²) in [5.41, 5.74) is 1.85. The first-order valence-corrected chi connectivity index (χ1v) is 9.44. The van der Waals surface area contributed by atoms with Crippen LogP contribution in [-0.4, -0.2) is 41.9 Å². The van der Waals surface area contributed by atoms with E-state index in [1.807, 2.05) is 4.90 Å². The summed E-state index contributed by atoms with van der Waals surface area (Å²) >= 11 is 0. The predicted molar refractivity (Wildman–Crippen MR) is 106 cm³/mol. The normalized spacial score (nSPS) is 15.7. The Bertz CT molecular complexity index is 939. The highest BCUT2D eigenvalue weighted by Crippen LogP contribution is 2.18. The molecule has 1 fully saturated rings. The molecule has 27 heavy (non-hydrogen) atoms. The Kier molecular flexibility index (Phi) is 5.16. The van der Waals surface area contributed by atoms with Crippen LogP contribution in [0.25, 0.3) is 10.8 Å². The van der Waals surface area contributed by atoms with Crippen LogP contribution in [0.3, 0.4) is 0 Å². The molecule has 0 spiro atoms. The van der Waals surface area contributed by atoms with Crippen LogP contribution in [0.4, 0.5) is 4.39 Å². The van der Waals surface area contributed by atoms with Gasteiger partial charge in [-0.15, -0.1) is 0 Å². The molecule has 1 amide bonds. The van der Waals surface area contributed by atoms with Gasteiger partial charge in [-0.3, -0.25) is 9.69 Å². The molecule has 1 saturated heterocycles. The van der Waals surface area contributed by atoms with Crippen LogP contribution in [0, 0.1) is 5.82 Å². The van der Waals surface area contributed by atoms with Crippen molar-refractivity contribution in [3.63, 3.8) is 0 Å². The number of carbonyl (C=O) groups is 1. The Labute approximate surface area is 159 Å². The Morgan fingerprint density at radius 1 is 0.852 bits per heavy atom. The molecule has 0 bridgehead atoms. The van der Waals surface area contributed by atoms with E-state index in [1.165, 1.54) is 28.5 Å². The molecule has 138 valence electrons. The number of nitrogens with zero attached hydrogens (tertiary/aromatic N) is 2. The molecule has 3 nitrogen and oxygen atoms in total. The second-order valence-corrected chi connectivity index (χ2v) is 7.11. The number of hydrogen-bond acceptors (Lipinski definition) is 2. The summed E-state index contributed by atoms with van der Waals surface area (Å²) in [6.07, 6.45) is 0.945. The number of fused-ring (bicyclic) bond motifs is 1. The molecule has 3 aromatic rings. The van der Waals surface area contributed by atoms with Crippen molar-refractivity contribution >= 4 is 16.7 Å². The zero-order valence-electron chi connectivity index (χ0n) is 15.3. The molecule has 0 saturated carbocycles. The molecular formula is C23H23FN2O. The Hall–Kier alpha value is -2.72. The number of hydrogen-bond donors (Lipinski definition) is 0. The number of carbonyl (C=O) groups excluding carboxylic acids is 1. The first kappa shape index (κ1) is 17.7. The summed E-state index contributed by atoms with van der Waals surface area (Å²) in [6.45, 7) is 4.15. The maximum Gasteiger partial charge on any atom is 0.253 e. The monoisotopic (exact) mass is 362 g/mol. The highest BCUT2D eigenvalue weighted by atomic mass is 19.1. The van der Waals surface area contributed by atoms with Crippen LogP contribution in [0.2, 0.25) is 0 Å². The van der Waals surface area contributed by atoms with Crippen molar-refractivity contribution in [3.05, 3.63) is 83.7 Å². The lowest BCUT2D eigenvalue weighted by Gasteiger charge is -2.22. The molecule has 4 rings (SSSR count). The van der Waals surface area contributed by atoms with Gasteiger partial charge in [0.1, 0.15) is 5.82 Å². The molecule has 0 radical (unpaired) electrons. The average Bonchev–Trinajstić information content (AvgIpc) is 2.93. The van der Waals surface area contributed by atoms with E-state index in [0.717, 1.165) is 32.6 Å². The van der Waals surface area contributed by atoms with E-state index in [9.17, 15) is 9.18 Å². The SMILES string of the molecule is O=C(c1ccc(F)cc1)N1CCCN(Cc2ccc3ccccc3c2)CC1. The lowest BCUT2D eigenvalue weighted by molar-refractivity contribution is 0.0761. The molecule has 0 aromatic heterocycles. The van der Waals surface area contributed by atoms with Crippen LogP contribution in [0.15, 0.2) is 66.7 Å². The van der Waals surface area contributed by atoms with E-state index < -0.39 is 0 Å². The Balaban J connectivity index is 1.40. The first-order valence-electron chi connectivity index (χ1n) is 9.44. The largest absolute Gasteiger partial charge is 0.337 e. The molecular weight excluding hydrogens is 339 g/mol. The summed E-state index contributed by atoms with van der Waals surface area (Å²) in [4.78, 5) is 16.9. The van der Waals surface area contributed by atoms with Crippen LogP contribution < -0.4 is 0 Å². The lowest BCUT2D eigenvalue weighted by Crippen LogP contribution is -2.35. The number of rotatable bonds is 3. The maximum absolute atomic E-state index is 13.1. The van der Waals surface area contributed by atoms with Gasteiger partial charge in [-0.05, 0) is 53.1 Å². The topological polar surface area (TPSA) is 23.6 Å². The van der Waals surface area contributed by atoms with Gasteiger partial charge in [0, 0.05) is 38.3 Å². The van der Waals surface area contributed by atoms with Crippen LogP contribution >= 0.6 is 0 Å². The summed E-state index contributed by atoms with van der Waals surface area (Å²) in [6, 6.07) is 20.8. The van der Waals surface area contributed by atoms with Crippen LogP contribution in [0.1, 0.15) is 22.3 Å². The molecule has 0 unspecified atom stereocenters. The fourth-order valence-corrected chi connectivity index (χ4v) is 3.70. The van der Waals surface area contributed by atoms with Gasteiger partial charge in [0.05, 0.1) is 0 Å². The fourth-order valence-electron chi connectivity index (χ4n) is 3.70. The second kappa shape index (κ2) is 7.89. The van der Waals surface area contributed by atoms with Gasteiger partial charge in [-0.25, -0.2) is 4.39 Å². The van der Waals surface area contributed by atoms with E-state index in [4.69, 9.17) is 0 Å². The first-order chi connectivity index (χ1) is 13.2. The van der Waals surface area contributed by atoms with Gasteiger partial charge in [0.25, 0.3) is 5.91 Å². The minimum atomic E-state index is -0.316. The van der Waals surface area contributed by atoms with Crippen molar-refractivity contribution in [1.29, 1.82) is 0 Å². The Morgan fingerprint density at radius 3 is 2.44 bits per heavy atom. The van der Waals surface area contributed by atoms with Crippen LogP contribution in [0.5, 0.6) is 0 Å². The van der Waals surface area contributed by atoms with Crippen molar-refractivity contribution in [2.75, 3.05) is 26.2 Å². The van der Waals surface area contributed by atoms with Crippen molar-refractivity contribution in [2.45, 2.75) is 13.0 Å². The zero-order chi connectivity index (χ0) is 18.6. The van der Waals surface area contributed by atoms with E-state index in [-0.39, 0.29) is 11.7 Å². The molecule has 3 aromatic carbocycles. The average molecular weight is 362 g/mol. The standard InChI is InChI=1S/C23H23FN2O/c24-22-10-8-20(9-11-22)23(27)26-13-3-12-25(14-15-26)17-18-6-7-19-4-1-2-5-21(19)16-18/h1-2,4-11,16H,3,12-15,17H2. The van der Waals surface area contributed by atoms with Gasteiger partial charge < -0.3 is 4.90 Å².